The molecule has 2 N–H and O–H groups in total. The molecule has 1 aromatic heterocycles. The first kappa shape index (κ1) is 15.3. The van der Waals surface area contributed by atoms with Crippen LogP contribution in [0.25, 0.3) is 6.08 Å². The van der Waals surface area contributed by atoms with E-state index in [1.165, 1.54) is 5.56 Å². The van der Waals surface area contributed by atoms with Gasteiger partial charge in [-0.15, -0.1) is 11.3 Å². The number of amides is 1. The van der Waals surface area contributed by atoms with Gasteiger partial charge in [-0.3, -0.25) is 4.79 Å². The third kappa shape index (κ3) is 4.48. The largest absolute Gasteiger partial charge is 0.395 e. The number of nitrogens with one attached hydrogen (secondary N) is 1. The molecule has 0 radical (unpaired) electrons. The zero-order valence-electron chi connectivity index (χ0n) is 10.8. The Bertz CT molecular complexity index is 411. The highest BCUT2D eigenvalue weighted by molar-refractivity contribution is 7.99. The lowest BCUT2D eigenvalue weighted by molar-refractivity contribution is -0.117. The predicted octanol–water partition coefficient (Wildman–Crippen LogP) is 2.30. The van der Waals surface area contributed by atoms with Crippen LogP contribution in [0.2, 0.25) is 0 Å². The number of hydrogen-bond acceptors (Lipinski definition) is 4. The standard InChI is InChI=1S/C13H19NO2S2/c1-9-6-7-18-11(9)4-5-13(16)14-10(2)12(8-15)17-3/h4-7,10,12,15H,8H2,1-3H3,(H,14,16)/b5-4+. The Morgan fingerprint density at radius 2 is 2.39 bits per heavy atom. The van der Waals surface area contributed by atoms with E-state index in [2.05, 4.69) is 5.32 Å². The van der Waals surface area contributed by atoms with E-state index in [4.69, 9.17) is 5.11 Å². The molecular formula is C13H19NO2S2. The van der Waals surface area contributed by atoms with Crippen molar-refractivity contribution in [3.63, 3.8) is 0 Å². The van der Waals surface area contributed by atoms with E-state index in [1.54, 1.807) is 29.2 Å². The highest BCUT2D eigenvalue weighted by Crippen LogP contribution is 2.17. The van der Waals surface area contributed by atoms with Crippen molar-refractivity contribution in [1.82, 2.24) is 5.32 Å². The molecule has 5 heteroatoms. The highest BCUT2D eigenvalue weighted by Gasteiger charge is 2.16. The van der Waals surface area contributed by atoms with E-state index >= 15 is 0 Å². The second-order valence-corrected chi connectivity index (χ2v) is 6.08. The fourth-order valence-corrected chi connectivity index (χ4v) is 2.95. The van der Waals surface area contributed by atoms with E-state index in [0.717, 1.165) is 4.88 Å². The molecule has 0 aromatic carbocycles. The van der Waals surface area contributed by atoms with Gasteiger partial charge in [-0.25, -0.2) is 0 Å². The number of aliphatic hydroxyl groups is 1. The van der Waals surface area contributed by atoms with E-state index in [9.17, 15) is 4.79 Å². The molecular weight excluding hydrogens is 266 g/mol. The Morgan fingerprint density at radius 3 is 2.89 bits per heavy atom. The van der Waals surface area contributed by atoms with Gasteiger partial charge >= 0.3 is 0 Å². The monoisotopic (exact) mass is 285 g/mol. The molecule has 1 rings (SSSR count). The van der Waals surface area contributed by atoms with Gasteiger partial charge in [-0.1, -0.05) is 0 Å². The van der Waals surface area contributed by atoms with Crippen molar-refractivity contribution in [2.45, 2.75) is 25.1 Å². The summed E-state index contributed by atoms with van der Waals surface area (Å²) in [7, 11) is 0. The molecule has 0 bridgehead atoms. The van der Waals surface area contributed by atoms with Crippen LogP contribution in [0.5, 0.6) is 0 Å². The number of thiophene rings is 1. The summed E-state index contributed by atoms with van der Waals surface area (Å²) < 4.78 is 0. The molecule has 0 aliphatic heterocycles. The predicted molar refractivity (Wildman–Crippen MR) is 80.1 cm³/mol. The average Bonchev–Trinajstić information content (AvgIpc) is 2.74. The minimum Gasteiger partial charge on any atom is -0.395 e. The van der Waals surface area contributed by atoms with E-state index < -0.39 is 0 Å². The maximum absolute atomic E-state index is 11.7. The van der Waals surface area contributed by atoms with Crippen molar-refractivity contribution in [3.05, 3.63) is 28.0 Å². The zero-order valence-corrected chi connectivity index (χ0v) is 12.5. The summed E-state index contributed by atoms with van der Waals surface area (Å²) >= 11 is 3.17. The molecule has 2 unspecified atom stereocenters. The first-order valence-electron chi connectivity index (χ1n) is 5.74. The fraction of sp³-hybridized carbons (Fsp3) is 0.462. The first-order chi connectivity index (χ1) is 8.58. The first-order valence-corrected chi connectivity index (χ1v) is 7.91. The highest BCUT2D eigenvalue weighted by atomic mass is 32.2. The van der Waals surface area contributed by atoms with Crippen LogP contribution in [0, 0.1) is 6.92 Å². The number of aryl methyl sites for hydroxylation is 1. The third-order valence-corrected chi connectivity index (χ3v) is 4.85. The summed E-state index contributed by atoms with van der Waals surface area (Å²) in [5.74, 6) is -0.122. The van der Waals surface area contributed by atoms with Crippen molar-refractivity contribution >= 4 is 35.1 Å². The van der Waals surface area contributed by atoms with E-state index in [1.807, 2.05) is 37.6 Å². The normalized spacial score (nSPS) is 14.7. The Kier molecular flexibility index (Phi) is 6.46. The third-order valence-electron chi connectivity index (χ3n) is 2.70. The lowest BCUT2D eigenvalue weighted by Gasteiger charge is -2.20. The molecule has 1 heterocycles. The molecule has 100 valence electrons. The summed E-state index contributed by atoms with van der Waals surface area (Å²) in [4.78, 5) is 12.8. The molecule has 0 aliphatic rings. The Balaban J connectivity index is 2.51. The summed E-state index contributed by atoms with van der Waals surface area (Å²) in [6.07, 6.45) is 5.30. The van der Waals surface area contributed by atoms with Crippen molar-refractivity contribution in [2.75, 3.05) is 12.9 Å². The number of aliphatic hydroxyl groups excluding tert-OH is 1. The quantitative estimate of drug-likeness (QED) is 0.789. The van der Waals surface area contributed by atoms with Crippen LogP contribution in [-0.2, 0) is 4.79 Å². The molecule has 1 aromatic rings. The Hall–Kier alpha value is -0.780. The van der Waals surface area contributed by atoms with Gasteiger partial charge in [-0.2, -0.15) is 11.8 Å². The van der Waals surface area contributed by atoms with Crippen molar-refractivity contribution in [3.8, 4) is 0 Å². The number of carbonyl (C=O) groups excluding carboxylic acids is 1. The summed E-state index contributed by atoms with van der Waals surface area (Å²) in [6.45, 7) is 3.99. The molecule has 0 aliphatic carbocycles. The van der Waals surface area contributed by atoms with Crippen molar-refractivity contribution < 1.29 is 9.90 Å². The van der Waals surface area contributed by atoms with Gasteiger partial charge in [-0.05, 0) is 43.2 Å². The van der Waals surface area contributed by atoms with Crippen LogP contribution in [0.3, 0.4) is 0 Å². The van der Waals surface area contributed by atoms with Crippen molar-refractivity contribution in [1.29, 1.82) is 0 Å². The van der Waals surface area contributed by atoms with Crippen LogP contribution in [0.4, 0.5) is 0 Å². The van der Waals surface area contributed by atoms with Gasteiger partial charge in [0.25, 0.3) is 0 Å². The van der Waals surface area contributed by atoms with Gasteiger partial charge in [0, 0.05) is 22.2 Å². The molecule has 0 saturated heterocycles. The van der Waals surface area contributed by atoms with Crippen LogP contribution < -0.4 is 5.32 Å². The minimum absolute atomic E-state index is 0.0332. The second kappa shape index (κ2) is 7.61. The second-order valence-electron chi connectivity index (χ2n) is 4.06. The van der Waals surface area contributed by atoms with Crippen LogP contribution in [0.1, 0.15) is 17.4 Å². The topological polar surface area (TPSA) is 49.3 Å². The molecule has 0 spiro atoms. The molecule has 2 atom stereocenters. The van der Waals surface area contributed by atoms with Crippen LogP contribution in [-0.4, -0.2) is 35.2 Å². The summed E-state index contributed by atoms with van der Waals surface area (Å²) in [5.41, 5.74) is 1.18. The van der Waals surface area contributed by atoms with Gasteiger partial charge in [0.1, 0.15) is 0 Å². The zero-order chi connectivity index (χ0) is 13.5. The number of thioether (sulfide) groups is 1. The van der Waals surface area contributed by atoms with Gasteiger partial charge in [0.15, 0.2) is 0 Å². The average molecular weight is 285 g/mol. The Morgan fingerprint density at radius 1 is 1.67 bits per heavy atom. The lowest BCUT2D eigenvalue weighted by Crippen LogP contribution is -2.40. The van der Waals surface area contributed by atoms with Gasteiger partial charge < -0.3 is 10.4 Å². The Labute approximate surface area is 116 Å². The van der Waals surface area contributed by atoms with Crippen molar-refractivity contribution in [2.24, 2.45) is 0 Å². The molecule has 18 heavy (non-hydrogen) atoms. The van der Waals surface area contributed by atoms with Gasteiger partial charge in [0.05, 0.1) is 6.61 Å². The number of rotatable bonds is 6. The van der Waals surface area contributed by atoms with Gasteiger partial charge in [0.2, 0.25) is 5.91 Å². The number of carbonyl (C=O) groups is 1. The molecule has 0 saturated carbocycles. The summed E-state index contributed by atoms with van der Waals surface area (Å²) in [5, 5.41) is 14.0. The minimum atomic E-state index is -0.122. The number of hydrogen-bond donors (Lipinski definition) is 2. The summed E-state index contributed by atoms with van der Waals surface area (Å²) in [6, 6.07) is 1.98. The fourth-order valence-electron chi connectivity index (χ4n) is 1.51. The molecule has 0 fully saturated rings. The lowest BCUT2D eigenvalue weighted by atomic mass is 10.2. The van der Waals surface area contributed by atoms with E-state index in [-0.39, 0.29) is 23.8 Å². The van der Waals surface area contributed by atoms with Crippen LogP contribution in [0.15, 0.2) is 17.5 Å². The maximum Gasteiger partial charge on any atom is 0.244 e. The van der Waals surface area contributed by atoms with E-state index in [0.29, 0.717) is 0 Å². The SMILES string of the molecule is CSC(CO)C(C)NC(=O)/C=C/c1sccc1C. The smallest absolute Gasteiger partial charge is 0.244 e. The molecule has 3 nitrogen and oxygen atoms in total. The van der Waals surface area contributed by atoms with Crippen LogP contribution >= 0.6 is 23.1 Å². The maximum atomic E-state index is 11.7. The molecule has 1 amide bonds.